The lowest BCUT2D eigenvalue weighted by Gasteiger charge is -2.10. The second-order valence-electron chi connectivity index (χ2n) is 2.83. The maximum absolute atomic E-state index is 10.7. The molecular formula is C6H15N3O3S. The van der Waals surface area contributed by atoms with Gasteiger partial charge in [-0.1, -0.05) is 5.16 Å². The summed E-state index contributed by atoms with van der Waals surface area (Å²) >= 11 is 0. The molecule has 0 saturated carbocycles. The minimum Gasteiger partial charge on any atom is -0.409 e. The summed E-state index contributed by atoms with van der Waals surface area (Å²) in [7, 11) is -2.96. The third-order valence-corrected chi connectivity index (χ3v) is 2.43. The molecule has 4 N–H and O–H groups in total. The third kappa shape index (κ3) is 6.35. The number of nitrogens with zero attached hydrogens (tertiary/aromatic N) is 1. The van der Waals surface area contributed by atoms with Crippen molar-refractivity contribution in [1.82, 2.24) is 5.32 Å². The molecule has 0 aromatic rings. The van der Waals surface area contributed by atoms with Gasteiger partial charge in [0.1, 0.15) is 9.84 Å². The van der Waals surface area contributed by atoms with Crippen molar-refractivity contribution in [2.45, 2.75) is 13.0 Å². The Bertz CT molecular complexity index is 273. The molecule has 1 unspecified atom stereocenters. The van der Waals surface area contributed by atoms with Gasteiger partial charge >= 0.3 is 0 Å². The van der Waals surface area contributed by atoms with E-state index in [9.17, 15) is 8.42 Å². The van der Waals surface area contributed by atoms with Gasteiger partial charge in [-0.3, -0.25) is 0 Å². The fraction of sp³-hybridized carbons (Fsp3) is 0.833. The molecule has 0 radical (unpaired) electrons. The molecule has 0 fully saturated rings. The van der Waals surface area contributed by atoms with Crippen LogP contribution in [0.3, 0.4) is 0 Å². The van der Waals surface area contributed by atoms with Gasteiger partial charge in [0.2, 0.25) is 0 Å². The first-order valence-corrected chi connectivity index (χ1v) is 5.81. The molecule has 1 atom stereocenters. The molecule has 0 aromatic carbocycles. The van der Waals surface area contributed by atoms with Crippen LogP contribution in [0, 0.1) is 0 Å². The SMILES string of the molecule is CC(NCCS(C)(=O)=O)C(N)=NO. The summed E-state index contributed by atoms with van der Waals surface area (Å²) in [6.45, 7) is 1.97. The van der Waals surface area contributed by atoms with Gasteiger partial charge in [0, 0.05) is 12.8 Å². The summed E-state index contributed by atoms with van der Waals surface area (Å²) in [6.07, 6.45) is 1.16. The second kappa shape index (κ2) is 5.03. The van der Waals surface area contributed by atoms with Gasteiger partial charge < -0.3 is 16.3 Å². The highest BCUT2D eigenvalue weighted by atomic mass is 32.2. The van der Waals surface area contributed by atoms with E-state index in [0.29, 0.717) is 0 Å². The number of sulfone groups is 1. The molecule has 0 rings (SSSR count). The Morgan fingerprint density at radius 1 is 1.69 bits per heavy atom. The Balaban J connectivity index is 3.79. The van der Waals surface area contributed by atoms with E-state index in [0.717, 1.165) is 6.26 Å². The summed E-state index contributed by atoms with van der Waals surface area (Å²) in [5.74, 6) is 0.0734. The first-order chi connectivity index (χ1) is 5.87. The average Bonchev–Trinajstić information content (AvgIpc) is 2.00. The largest absolute Gasteiger partial charge is 0.409 e. The van der Waals surface area contributed by atoms with E-state index in [4.69, 9.17) is 10.9 Å². The number of nitrogens with one attached hydrogen (secondary N) is 1. The minimum absolute atomic E-state index is 0.0356. The Morgan fingerprint density at radius 2 is 2.23 bits per heavy atom. The number of hydrogen-bond acceptors (Lipinski definition) is 5. The van der Waals surface area contributed by atoms with Gasteiger partial charge in [-0.15, -0.1) is 0 Å². The van der Waals surface area contributed by atoms with Crippen molar-refractivity contribution in [3.8, 4) is 0 Å². The summed E-state index contributed by atoms with van der Waals surface area (Å²) in [5, 5.41) is 13.8. The third-order valence-electron chi connectivity index (χ3n) is 1.48. The van der Waals surface area contributed by atoms with Gasteiger partial charge in [-0.25, -0.2) is 8.42 Å². The summed E-state index contributed by atoms with van der Waals surface area (Å²) in [5.41, 5.74) is 5.25. The lowest BCUT2D eigenvalue weighted by atomic mass is 10.3. The van der Waals surface area contributed by atoms with Crippen LogP contribution >= 0.6 is 0 Å². The maximum atomic E-state index is 10.7. The first-order valence-electron chi connectivity index (χ1n) is 3.75. The maximum Gasteiger partial charge on any atom is 0.156 e. The van der Waals surface area contributed by atoms with Crippen LogP contribution in [0.5, 0.6) is 0 Å². The zero-order valence-corrected chi connectivity index (χ0v) is 8.50. The topological polar surface area (TPSA) is 105 Å². The number of nitrogens with two attached hydrogens (primary N) is 1. The summed E-state index contributed by atoms with van der Waals surface area (Å²) < 4.78 is 21.4. The van der Waals surface area contributed by atoms with E-state index in [1.54, 1.807) is 6.92 Å². The Morgan fingerprint density at radius 3 is 2.62 bits per heavy atom. The highest BCUT2D eigenvalue weighted by Crippen LogP contribution is 1.84. The zero-order chi connectivity index (χ0) is 10.5. The Labute approximate surface area is 77.7 Å². The second-order valence-corrected chi connectivity index (χ2v) is 5.09. The van der Waals surface area contributed by atoms with Crippen molar-refractivity contribution in [2.75, 3.05) is 18.6 Å². The van der Waals surface area contributed by atoms with Crippen molar-refractivity contribution in [3.63, 3.8) is 0 Å². The first kappa shape index (κ1) is 12.2. The molecule has 0 amide bonds. The molecule has 0 spiro atoms. The molecule has 0 bridgehead atoms. The Hall–Kier alpha value is -0.820. The Kier molecular flexibility index (Phi) is 4.71. The van der Waals surface area contributed by atoms with Crippen molar-refractivity contribution in [3.05, 3.63) is 0 Å². The lowest BCUT2D eigenvalue weighted by Crippen LogP contribution is -2.40. The normalized spacial score (nSPS) is 15.7. The standard InChI is InChI=1S/C6H15N3O3S/c1-5(6(7)9-10)8-3-4-13(2,11)12/h5,8,10H,3-4H2,1-2H3,(H2,7,9). The van der Waals surface area contributed by atoms with Crippen LogP contribution < -0.4 is 11.1 Å². The van der Waals surface area contributed by atoms with Crippen molar-refractivity contribution in [2.24, 2.45) is 10.9 Å². The van der Waals surface area contributed by atoms with E-state index in [1.807, 2.05) is 0 Å². The minimum atomic E-state index is -2.96. The lowest BCUT2D eigenvalue weighted by molar-refractivity contribution is 0.315. The quantitative estimate of drug-likeness (QED) is 0.227. The van der Waals surface area contributed by atoms with E-state index in [-0.39, 0.29) is 24.2 Å². The van der Waals surface area contributed by atoms with E-state index in [2.05, 4.69) is 10.5 Å². The average molecular weight is 209 g/mol. The number of oxime groups is 1. The fourth-order valence-corrected chi connectivity index (χ4v) is 1.14. The van der Waals surface area contributed by atoms with E-state index in [1.165, 1.54) is 0 Å². The predicted molar refractivity (Wildman–Crippen MR) is 50.6 cm³/mol. The molecule has 0 aliphatic heterocycles. The van der Waals surface area contributed by atoms with Crippen molar-refractivity contribution >= 4 is 15.7 Å². The van der Waals surface area contributed by atoms with E-state index < -0.39 is 9.84 Å². The molecule has 0 heterocycles. The molecule has 7 heteroatoms. The monoisotopic (exact) mass is 209 g/mol. The van der Waals surface area contributed by atoms with Crippen LogP contribution in [0.2, 0.25) is 0 Å². The smallest absolute Gasteiger partial charge is 0.156 e. The van der Waals surface area contributed by atoms with Crippen LogP contribution in [0.1, 0.15) is 6.92 Å². The van der Waals surface area contributed by atoms with Gasteiger partial charge in [-0.2, -0.15) is 0 Å². The van der Waals surface area contributed by atoms with Crippen LogP contribution in [0.25, 0.3) is 0 Å². The van der Waals surface area contributed by atoms with Crippen LogP contribution in [-0.2, 0) is 9.84 Å². The summed E-state index contributed by atoms with van der Waals surface area (Å²) in [6, 6.07) is -0.327. The van der Waals surface area contributed by atoms with Gasteiger partial charge in [-0.05, 0) is 6.92 Å². The number of hydrogen-bond donors (Lipinski definition) is 3. The van der Waals surface area contributed by atoms with Crippen LogP contribution in [0.15, 0.2) is 5.16 Å². The number of rotatable bonds is 5. The molecule has 13 heavy (non-hydrogen) atoms. The fourth-order valence-electron chi connectivity index (χ4n) is 0.652. The van der Waals surface area contributed by atoms with Gasteiger partial charge in [0.05, 0.1) is 11.8 Å². The van der Waals surface area contributed by atoms with Gasteiger partial charge in [0.15, 0.2) is 5.84 Å². The van der Waals surface area contributed by atoms with Gasteiger partial charge in [0.25, 0.3) is 0 Å². The van der Waals surface area contributed by atoms with Crippen LogP contribution in [-0.4, -0.2) is 44.1 Å². The zero-order valence-electron chi connectivity index (χ0n) is 7.69. The molecule has 78 valence electrons. The summed E-state index contributed by atoms with van der Waals surface area (Å²) in [4.78, 5) is 0. The molecule has 6 nitrogen and oxygen atoms in total. The molecule has 0 aromatic heterocycles. The highest BCUT2D eigenvalue weighted by molar-refractivity contribution is 7.90. The van der Waals surface area contributed by atoms with Crippen molar-refractivity contribution < 1.29 is 13.6 Å². The molecule has 0 aliphatic carbocycles. The predicted octanol–water partition coefficient (Wildman–Crippen LogP) is -1.24. The molecule has 0 saturated heterocycles. The molecule has 0 aliphatic rings. The number of amidine groups is 1. The van der Waals surface area contributed by atoms with E-state index >= 15 is 0 Å². The highest BCUT2D eigenvalue weighted by Gasteiger charge is 2.07. The molecular weight excluding hydrogens is 194 g/mol. The van der Waals surface area contributed by atoms with Crippen LogP contribution in [0.4, 0.5) is 0 Å². The van der Waals surface area contributed by atoms with Crippen molar-refractivity contribution in [1.29, 1.82) is 0 Å².